The van der Waals surface area contributed by atoms with E-state index in [4.69, 9.17) is 4.98 Å². The zero-order chi connectivity index (χ0) is 16.4. The fourth-order valence-corrected chi connectivity index (χ4v) is 5.06. The number of aromatic nitrogens is 3. The molecule has 0 aromatic carbocycles. The average molecular weight is 311 g/mol. The molecule has 3 atom stereocenters. The average Bonchev–Trinajstić information content (AvgIpc) is 2.97. The number of ketones is 1. The monoisotopic (exact) mass is 311 g/mol. The van der Waals surface area contributed by atoms with Gasteiger partial charge in [-0.3, -0.25) is 4.79 Å². The molecule has 1 saturated carbocycles. The van der Waals surface area contributed by atoms with Crippen LogP contribution in [0.4, 0.5) is 0 Å². The first-order valence-corrected chi connectivity index (χ1v) is 8.21. The van der Waals surface area contributed by atoms with Gasteiger partial charge in [0.25, 0.3) is 0 Å². The zero-order valence-electron chi connectivity index (χ0n) is 13.7. The maximum absolute atomic E-state index is 12.7. The van der Waals surface area contributed by atoms with Crippen molar-refractivity contribution >= 4 is 17.7 Å². The van der Waals surface area contributed by atoms with Gasteiger partial charge < -0.3 is 4.79 Å². The highest BCUT2D eigenvalue weighted by Crippen LogP contribution is 2.56. The third kappa shape index (κ3) is 1.79. The Morgan fingerprint density at radius 3 is 2.87 bits per heavy atom. The van der Waals surface area contributed by atoms with Crippen LogP contribution < -0.4 is 0 Å². The molecule has 2 aromatic heterocycles. The quantitative estimate of drug-likeness (QED) is 0.599. The van der Waals surface area contributed by atoms with Crippen LogP contribution in [0.15, 0.2) is 18.5 Å². The molecule has 0 saturated heterocycles. The van der Waals surface area contributed by atoms with Crippen LogP contribution in [0.3, 0.4) is 0 Å². The molecule has 0 bridgehead atoms. The van der Waals surface area contributed by atoms with Crippen LogP contribution >= 0.6 is 0 Å². The lowest BCUT2D eigenvalue weighted by molar-refractivity contribution is -0.145. The Morgan fingerprint density at radius 2 is 2.13 bits per heavy atom. The number of fused-ring (bicyclic) bond motifs is 4. The first-order chi connectivity index (χ1) is 10.9. The number of hydrogen-bond acceptors (Lipinski definition) is 4. The van der Waals surface area contributed by atoms with Crippen LogP contribution in [-0.2, 0) is 21.4 Å². The van der Waals surface area contributed by atoms with Gasteiger partial charge >= 0.3 is 0 Å². The molecule has 4 rings (SSSR count). The molecule has 0 aliphatic heterocycles. The molecule has 5 heteroatoms. The number of Topliss-reactive ketones (excluding diaryl/α,β-unsaturated/α-hetero) is 1. The van der Waals surface area contributed by atoms with E-state index in [9.17, 15) is 9.59 Å². The molecular weight excluding hydrogens is 290 g/mol. The van der Waals surface area contributed by atoms with Crippen molar-refractivity contribution in [1.29, 1.82) is 0 Å². The van der Waals surface area contributed by atoms with E-state index in [0.717, 1.165) is 30.5 Å². The number of aldehydes is 1. The van der Waals surface area contributed by atoms with Gasteiger partial charge in [-0.2, -0.15) is 5.10 Å². The van der Waals surface area contributed by atoms with Gasteiger partial charge in [0.1, 0.15) is 12.1 Å². The molecule has 1 unspecified atom stereocenters. The van der Waals surface area contributed by atoms with Gasteiger partial charge in [0.05, 0.1) is 17.8 Å². The molecule has 0 radical (unpaired) electrons. The lowest BCUT2D eigenvalue weighted by atomic mass is 9.49. The van der Waals surface area contributed by atoms with Gasteiger partial charge in [0, 0.05) is 23.1 Å². The van der Waals surface area contributed by atoms with E-state index in [-0.39, 0.29) is 17.1 Å². The van der Waals surface area contributed by atoms with Crippen LogP contribution in [-0.4, -0.2) is 26.7 Å². The molecule has 2 heterocycles. The molecule has 1 fully saturated rings. The van der Waals surface area contributed by atoms with Gasteiger partial charge in [-0.05, 0) is 30.7 Å². The van der Waals surface area contributed by atoms with Crippen LogP contribution in [0.5, 0.6) is 0 Å². The highest BCUT2D eigenvalue weighted by molar-refractivity contribution is 5.98. The van der Waals surface area contributed by atoms with E-state index >= 15 is 0 Å². The second kappa shape index (κ2) is 4.49. The van der Waals surface area contributed by atoms with Crippen molar-refractivity contribution in [2.75, 3.05) is 0 Å². The summed E-state index contributed by atoms with van der Waals surface area (Å²) in [7, 11) is 0. The summed E-state index contributed by atoms with van der Waals surface area (Å²) in [5.74, 6) is -0.229. The van der Waals surface area contributed by atoms with Crippen molar-refractivity contribution in [3.63, 3.8) is 0 Å². The van der Waals surface area contributed by atoms with Crippen molar-refractivity contribution in [3.05, 3.63) is 29.7 Å². The second-order valence-corrected chi connectivity index (χ2v) is 7.79. The minimum Gasteiger partial charge on any atom is -0.303 e. The topological polar surface area (TPSA) is 64.3 Å². The minimum absolute atomic E-state index is 0.0869. The lowest BCUT2D eigenvalue weighted by Crippen LogP contribution is -2.56. The highest BCUT2D eigenvalue weighted by Gasteiger charge is 2.57. The molecule has 0 amide bonds. The maximum atomic E-state index is 12.7. The number of rotatable bonds is 1. The van der Waals surface area contributed by atoms with Gasteiger partial charge in [-0.1, -0.05) is 20.8 Å². The third-order valence-corrected chi connectivity index (χ3v) is 6.12. The summed E-state index contributed by atoms with van der Waals surface area (Å²) < 4.78 is 1.80. The van der Waals surface area contributed by atoms with Crippen molar-refractivity contribution in [3.8, 4) is 0 Å². The number of hydrogen-bond donors (Lipinski definition) is 0. The number of nitrogens with zero attached hydrogens (tertiary/aromatic N) is 3. The molecule has 2 aromatic rings. The van der Waals surface area contributed by atoms with Gasteiger partial charge in [0.2, 0.25) is 0 Å². The molecule has 23 heavy (non-hydrogen) atoms. The summed E-state index contributed by atoms with van der Waals surface area (Å²) >= 11 is 0. The largest absolute Gasteiger partial charge is 0.303 e. The van der Waals surface area contributed by atoms with Gasteiger partial charge in [-0.15, -0.1) is 0 Å². The van der Waals surface area contributed by atoms with Gasteiger partial charge in [0.15, 0.2) is 5.65 Å². The summed E-state index contributed by atoms with van der Waals surface area (Å²) in [4.78, 5) is 29.1. The van der Waals surface area contributed by atoms with Crippen LogP contribution in [0, 0.1) is 17.3 Å². The Kier molecular flexibility index (Phi) is 2.84. The Labute approximate surface area is 135 Å². The van der Waals surface area contributed by atoms with Crippen molar-refractivity contribution in [2.24, 2.45) is 17.3 Å². The van der Waals surface area contributed by atoms with Crippen molar-refractivity contribution in [2.45, 2.75) is 45.4 Å². The summed E-state index contributed by atoms with van der Waals surface area (Å²) in [6, 6.07) is 1.89. The predicted molar refractivity (Wildman–Crippen MR) is 85.1 cm³/mol. The fourth-order valence-electron chi connectivity index (χ4n) is 5.06. The smallest absolute Gasteiger partial charge is 0.155 e. The Morgan fingerprint density at radius 1 is 1.35 bits per heavy atom. The first-order valence-electron chi connectivity index (χ1n) is 8.21. The zero-order valence-corrected chi connectivity index (χ0v) is 13.7. The van der Waals surface area contributed by atoms with Crippen LogP contribution in [0.2, 0.25) is 0 Å². The van der Waals surface area contributed by atoms with E-state index in [1.165, 1.54) is 5.56 Å². The lowest BCUT2D eigenvalue weighted by Gasteiger charge is -2.53. The maximum Gasteiger partial charge on any atom is 0.155 e. The Bertz CT molecular complexity index is 823. The molecule has 5 nitrogen and oxygen atoms in total. The van der Waals surface area contributed by atoms with E-state index in [2.05, 4.69) is 18.2 Å². The van der Waals surface area contributed by atoms with Crippen LogP contribution in [0.1, 0.15) is 44.9 Å². The highest BCUT2D eigenvalue weighted by atomic mass is 16.1. The van der Waals surface area contributed by atoms with E-state index in [1.807, 2.05) is 19.9 Å². The number of carbonyl (C=O) groups is 2. The SMILES string of the molecule is CC1(C)C(=O)C(C=O)C[C@]2(C)c3nc4ccnn4cc3CC[C@@H]12. The Balaban J connectivity index is 1.93. The molecule has 0 N–H and O–H groups in total. The van der Waals surface area contributed by atoms with E-state index < -0.39 is 11.3 Å². The Hall–Kier alpha value is -2.04. The van der Waals surface area contributed by atoms with Crippen LogP contribution in [0.25, 0.3) is 5.65 Å². The summed E-state index contributed by atoms with van der Waals surface area (Å²) in [5.41, 5.74) is 2.32. The number of carbonyl (C=O) groups excluding carboxylic acids is 2. The molecule has 0 spiro atoms. The fraction of sp³-hybridized carbons (Fsp3) is 0.556. The van der Waals surface area contributed by atoms with E-state index in [1.54, 1.807) is 10.7 Å². The van der Waals surface area contributed by atoms with E-state index in [0.29, 0.717) is 6.42 Å². The summed E-state index contributed by atoms with van der Waals surface area (Å²) in [6.07, 6.45) is 7.04. The second-order valence-electron chi connectivity index (χ2n) is 7.79. The normalized spacial score (nSPS) is 32.4. The molecule has 120 valence electrons. The minimum atomic E-state index is -0.528. The molecular formula is C18H21N3O2. The summed E-state index contributed by atoms with van der Waals surface area (Å²) in [5, 5.41) is 4.27. The van der Waals surface area contributed by atoms with Crippen molar-refractivity contribution < 1.29 is 9.59 Å². The molecule has 2 aliphatic rings. The molecule has 2 aliphatic carbocycles. The predicted octanol–water partition coefficient (Wildman–Crippen LogP) is 2.36. The first kappa shape index (κ1) is 14.5. The third-order valence-electron chi connectivity index (χ3n) is 6.12. The van der Waals surface area contributed by atoms with Crippen molar-refractivity contribution in [1.82, 2.24) is 14.6 Å². The summed E-state index contributed by atoms with van der Waals surface area (Å²) in [6.45, 7) is 6.17. The van der Waals surface area contributed by atoms with Gasteiger partial charge in [-0.25, -0.2) is 9.50 Å². The number of aryl methyl sites for hydroxylation is 1. The standard InChI is InChI=1S/C18H21N3O2/c1-17(2)13-5-4-11-9-21-14(6-7-19-21)20-15(11)18(13,3)8-12(10-22)16(17)23/h6-7,9-10,12-13H,4-5,8H2,1-3H3/t12?,13-,18-/m0/s1.